The first-order valence-corrected chi connectivity index (χ1v) is 8.03. The van der Waals surface area contributed by atoms with Crippen LogP contribution in [0, 0.1) is 0 Å². The van der Waals surface area contributed by atoms with Gasteiger partial charge in [-0.2, -0.15) is 0 Å². The van der Waals surface area contributed by atoms with Crippen molar-refractivity contribution in [2.45, 2.75) is 12.5 Å². The molecular formula is C12H16ClNO4S. The SMILES string of the molecule is COc1cc(Cl)c(NC2CCS(=O)(=O)C2)cc1OC. The van der Waals surface area contributed by atoms with E-state index in [1.165, 1.54) is 14.2 Å². The number of methoxy groups -OCH3 is 2. The molecule has 1 saturated heterocycles. The van der Waals surface area contributed by atoms with Crippen LogP contribution in [0.25, 0.3) is 0 Å². The monoisotopic (exact) mass is 305 g/mol. The van der Waals surface area contributed by atoms with Gasteiger partial charge in [-0.25, -0.2) is 8.42 Å². The highest BCUT2D eigenvalue weighted by Crippen LogP contribution is 2.36. The summed E-state index contributed by atoms with van der Waals surface area (Å²) < 4.78 is 33.2. The zero-order valence-electron chi connectivity index (χ0n) is 10.8. The molecule has 0 bridgehead atoms. The molecule has 1 unspecified atom stereocenters. The Labute approximate surface area is 117 Å². The van der Waals surface area contributed by atoms with Gasteiger partial charge in [0.05, 0.1) is 36.4 Å². The largest absolute Gasteiger partial charge is 0.493 e. The molecule has 106 valence electrons. The highest BCUT2D eigenvalue weighted by Gasteiger charge is 2.28. The molecule has 5 nitrogen and oxygen atoms in total. The first kappa shape index (κ1) is 14.3. The molecule has 1 aliphatic rings. The fraction of sp³-hybridized carbons (Fsp3) is 0.500. The zero-order valence-corrected chi connectivity index (χ0v) is 12.3. The van der Waals surface area contributed by atoms with Gasteiger partial charge in [-0.1, -0.05) is 11.6 Å². The van der Waals surface area contributed by atoms with Crippen LogP contribution < -0.4 is 14.8 Å². The third kappa shape index (κ3) is 3.25. The molecule has 2 rings (SSSR count). The molecule has 0 saturated carbocycles. The summed E-state index contributed by atoms with van der Waals surface area (Å²) in [5.74, 6) is 1.44. The van der Waals surface area contributed by atoms with Gasteiger partial charge in [0.25, 0.3) is 0 Å². The molecule has 19 heavy (non-hydrogen) atoms. The van der Waals surface area contributed by atoms with Crippen molar-refractivity contribution in [1.82, 2.24) is 0 Å². The Morgan fingerprint density at radius 3 is 2.42 bits per heavy atom. The summed E-state index contributed by atoms with van der Waals surface area (Å²) >= 11 is 6.14. The van der Waals surface area contributed by atoms with Crippen molar-refractivity contribution in [3.63, 3.8) is 0 Å². The minimum absolute atomic E-state index is 0.111. The maximum absolute atomic E-state index is 11.4. The summed E-state index contributed by atoms with van der Waals surface area (Å²) in [4.78, 5) is 0. The molecule has 1 aromatic carbocycles. The van der Waals surface area contributed by atoms with Gasteiger partial charge in [0, 0.05) is 18.2 Å². The Morgan fingerprint density at radius 1 is 1.26 bits per heavy atom. The van der Waals surface area contributed by atoms with E-state index < -0.39 is 9.84 Å². The number of hydrogen-bond donors (Lipinski definition) is 1. The van der Waals surface area contributed by atoms with E-state index in [-0.39, 0.29) is 17.5 Å². The molecule has 0 radical (unpaired) electrons. The molecule has 1 aromatic rings. The van der Waals surface area contributed by atoms with Gasteiger partial charge >= 0.3 is 0 Å². The van der Waals surface area contributed by atoms with Crippen molar-refractivity contribution in [2.24, 2.45) is 0 Å². The second-order valence-electron chi connectivity index (χ2n) is 4.43. The number of anilines is 1. The second kappa shape index (κ2) is 5.46. The summed E-state index contributed by atoms with van der Waals surface area (Å²) in [6.07, 6.45) is 0.590. The lowest BCUT2D eigenvalue weighted by Crippen LogP contribution is -2.20. The van der Waals surface area contributed by atoms with E-state index >= 15 is 0 Å². The maximum Gasteiger partial charge on any atom is 0.162 e. The molecule has 1 aliphatic heterocycles. The van der Waals surface area contributed by atoms with Crippen LogP contribution in [0.15, 0.2) is 12.1 Å². The summed E-state index contributed by atoms with van der Waals surface area (Å²) in [7, 11) is 0.151. The third-order valence-electron chi connectivity index (χ3n) is 3.07. The van der Waals surface area contributed by atoms with Gasteiger partial charge in [-0.3, -0.25) is 0 Å². The fourth-order valence-corrected chi connectivity index (χ4v) is 3.98. The standard InChI is InChI=1S/C12H16ClNO4S/c1-17-11-5-9(13)10(6-12(11)18-2)14-8-3-4-19(15,16)7-8/h5-6,8,14H,3-4,7H2,1-2H3. The van der Waals surface area contributed by atoms with Crippen LogP contribution in [0.3, 0.4) is 0 Å². The van der Waals surface area contributed by atoms with Gasteiger partial charge in [0.1, 0.15) is 0 Å². The van der Waals surface area contributed by atoms with Crippen molar-refractivity contribution in [1.29, 1.82) is 0 Å². The van der Waals surface area contributed by atoms with E-state index in [2.05, 4.69) is 5.32 Å². The van der Waals surface area contributed by atoms with Crippen LogP contribution in [-0.2, 0) is 9.84 Å². The highest BCUT2D eigenvalue weighted by molar-refractivity contribution is 7.91. The fourth-order valence-electron chi connectivity index (χ4n) is 2.09. The number of hydrogen-bond acceptors (Lipinski definition) is 5. The van der Waals surface area contributed by atoms with Crippen molar-refractivity contribution >= 4 is 27.1 Å². The van der Waals surface area contributed by atoms with E-state index in [4.69, 9.17) is 21.1 Å². The predicted molar refractivity (Wildman–Crippen MR) is 75.2 cm³/mol. The minimum atomic E-state index is -2.92. The maximum atomic E-state index is 11.4. The zero-order chi connectivity index (χ0) is 14.0. The number of rotatable bonds is 4. The molecule has 7 heteroatoms. The van der Waals surface area contributed by atoms with Crippen LogP contribution in [0.1, 0.15) is 6.42 Å². The minimum Gasteiger partial charge on any atom is -0.493 e. The quantitative estimate of drug-likeness (QED) is 0.921. The Bertz CT molecular complexity index is 573. The first-order valence-electron chi connectivity index (χ1n) is 5.83. The van der Waals surface area contributed by atoms with Crippen molar-refractivity contribution < 1.29 is 17.9 Å². The van der Waals surface area contributed by atoms with Crippen LogP contribution in [-0.4, -0.2) is 40.2 Å². The first-order chi connectivity index (χ1) is 8.95. The normalized spacial score (nSPS) is 21.1. The summed E-state index contributed by atoms with van der Waals surface area (Å²) in [6.45, 7) is 0. The average Bonchev–Trinajstić information content (AvgIpc) is 2.70. The van der Waals surface area contributed by atoms with E-state index in [0.29, 0.717) is 28.6 Å². The van der Waals surface area contributed by atoms with Crippen molar-refractivity contribution in [3.05, 3.63) is 17.2 Å². The van der Waals surface area contributed by atoms with Crippen LogP contribution in [0.5, 0.6) is 11.5 Å². The van der Waals surface area contributed by atoms with Gasteiger partial charge in [-0.15, -0.1) is 0 Å². The van der Waals surface area contributed by atoms with E-state index in [1.54, 1.807) is 12.1 Å². The van der Waals surface area contributed by atoms with Crippen molar-refractivity contribution in [2.75, 3.05) is 31.0 Å². The number of sulfone groups is 1. The highest BCUT2D eigenvalue weighted by atomic mass is 35.5. The molecule has 1 N–H and O–H groups in total. The van der Waals surface area contributed by atoms with Gasteiger partial charge in [0.15, 0.2) is 21.3 Å². The van der Waals surface area contributed by atoms with E-state index in [0.717, 1.165) is 0 Å². The number of nitrogens with one attached hydrogen (secondary N) is 1. The molecule has 0 aliphatic carbocycles. The molecule has 0 amide bonds. The Balaban J connectivity index is 2.21. The summed E-state index contributed by atoms with van der Waals surface area (Å²) in [5.41, 5.74) is 0.654. The van der Waals surface area contributed by atoms with Crippen LogP contribution in [0.2, 0.25) is 5.02 Å². The second-order valence-corrected chi connectivity index (χ2v) is 7.07. The van der Waals surface area contributed by atoms with Gasteiger partial charge in [0.2, 0.25) is 0 Å². The predicted octanol–water partition coefficient (Wildman–Crippen LogP) is 1.96. The molecule has 1 fully saturated rings. The Morgan fingerprint density at radius 2 is 1.89 bits per heavy atom. The third-order valence-corrected chi connectivity index (χ3v) is 5.15. The smallest absolute Gasteiger partial charge is 0.162 e. The lowest BCUT2D eigenvalue weighted by molar-refractivity contribution is 0.355. The van der Waals surface area contributed by atoms with E-state index in [1.807, 2.05) is 0 Å². The number of ether oxygens (including phenoxy) is 2. The molecular weight excluding hydrogens is 290 g/mol. The molecule has 1 heterocycles. The number of benzene rings is 1. The molecule has 0 spiro atoms. The lowest BCUT2D eigenvalue weighted by atomic mass is 10.2. The lowest BCUT2D eigenvalue weighted by Gasteiger charge is -2.16. The summed E-state index contributed by atoms with van der Waals surface area (Å²) in [6, 6.07) is 3.25. The van der Waals surface area contributed by atoms with Crippen LogP contribution in [0.4, 0.5) is 5.69 Å². The molecule has 1 atom stereocenters. The topological polar surface area (TPSA) is 64.6 Å². The van der Waals surface area contributed by atoms with E-state index in [9.17, 15) is 8.42 Å². The van der Waals surface area contributed by atoms with Gasteiger partial charge < -0.3 is 14.8 Å². The molecule has 0 aromatic heterocycles. The number of halogens is 1. The Hall–Kier alpha value is -1.14. The van der Waals surface area contributed by atoms with Crippen molar-refractivity contribution in [3.8, 4) is 11.5 Å². The van der Waals surface area contributed by atoms with Crippen LogP contribution >= 0.6 is 11.6 Å². The Kier molecular flexibility index (Phi) is 4.10. The summed E-state index contributed by atoms with van der Waals surface area (Å²) in [5, 5.41) is 3.62. The average molecular weight is 306 g/mol. The van der Waals surface area contributed by atoms with Gasteiger partial charge in [-0.05, 0) is 6.42 Å².